The summed E-state index contributed by atoms with van der Waals surface area (Å²) in [6.45, 7) is 2.16. The first-order valence-electron chi connectivity index (χ1n) is 9.76. The molecule has 2 fully saturated rings. The van der Waals surface area contributed by atoms with E-state index in [1.54, 1.807) is 17.9 Å². The van der Waals surface area contributed by atoms with Crippen LogP contribution in [0.15, 0.2) is 18.3 Å². The van der Waals surface area contributed by atoms with Gasteiger partial charge in [0.25, 0.3) is 0 Å². The highest BCUT2D eigenvalue weighted by molar-refractivity contribution is 6.30. The van der Waals surface area contributed by atoms with Crippen LogP contribution in [-0.2, 0) is 9.59 Å². The molecule has 3 unspecified atom stereocenters. The zero-order valence-corrected chi connectivity index (χ0v) is 16.6. The average molecular weight is 415 g/mol. The molecule has 28 heavy (non-hydrogen) atoms. The van der Waals surface area contributed by atoms with E-state index in [1.165, 1.54) is 12.3 Å². The van der Waals surface area contributed by atoms with Crippen molar-refractivity contribution in [1.29, 1.82) is 0 Å². The molecule has 0 aromatic carbocycles. The smallest absolute Gasteiger partial charge is 0.315 e. The largest absolute Gasteiger partial charge is 0.407 e. The summed E-state index contributed by atoms with van der Waals surface area (Å²) < 4.78 is 34.5. The van der Waals surface area contributed by atoms with E-state index >= 15 is 0 Å². The molecule has 154 valence electrons. The Morgan fingerprint density at radius 1 is 1.32 bits per heavy atom. The standard InChI is InChI=1S/C20H25ClF2N2O3/c1-13(19(27)28-17-8-6-15(21)12-24-17)14-5-7-16(11-20(22,23)10-14)25-9-3-2-4-18(25)26/h6,8,12-14,16H,2-5,7,9-11H2,1H3. The lowest BCUT2D eigenvalue weighted by molar-refractivity contribution is -0.141. The fraction of sp³-hybridized carbons (Fsp3) is 0.650. The SMILES string of the molecule is CC(C(=O)Oc1ccc(Cl)cn1)C1CCC(N2CCCCC2=O)CC(F)(F)C1. The van der Waals surface area contributed by atoms with Crippen molar-refractivity contribution >= 4 is 23.5 Å². The second-order valence-corrected chi connectivity index (χ2v) is 8.26. The lowest BCUT2D eigenvalue weighted by Gasteiger charge is -2.35. The Morgan fingerprint density at radius 3 is 2.79 bits per heavy atom. The molecule has 1 aromatic heterocycles. The summed E-state index contributed by atoms with van der Waals surface area (Å²) in [4.78, 5) is 30.1. The van der Waals surface area contributed by atoms with Gasteiger partial charge in [-0.3, -0.25) is 9.59 Å². The maximum absolute atomic E-state index is 14.6. The zero-order valence-electron chi connectivity index (χ0n) is 15.9. The van der Waals surface area contributed by atoms with Crippen LogP contribution < -0.4 is 4.74 Å². The van der Waals surface area contributed by atoms with Crippen LogP contribution >= 0.6 is 11.6 Å². The fourth-order valence-electron chi connectivity index (χ4n) is 4.14. The third-order valence-electron chi connectivity index (χ3n) is 5.75. The average Bonchev–Trinajstić information content (AvgIpc) is 2.81. The van der Waals surface area contributed by atoms with Crippen molar-refractivity contribution in [1.82, 2.24) is 9.88 Å². The van der Waals surface area contributed by atoms with Crippen molar-refractivity contribution in [2.75, 3.05) is 6.54 Å². The van der Waals surface area contributed by atoms with E-state index in [0.717, 1.165) is 12.8 Å². The van der Waals surface area contributed by atoms with Crippen LogP contribution in [0.5, 0.6) is 5.88 Å². The van der Waals surface area contributed by atoms with Gasteiger partial charge in [0.1, 0.15) is 0 Å². The van der Waals surface area contributed by atoms with Crippen LogP contribution in [0.1, 0.15) is 51.9 Å². The van der Waals surface area contributed by atoms with Crippen LogP contribution in [0.3, 0.4) is 0 Å². The maximum atomic E-state index is 14.6. The lowest BCUT2D eigenvalue weighted by atomic mass is 9.86. The van der Waals surface area contributed by atoms with E-state index < -0.39 is 29.8 Å². The minimum absolute atomic E-state index is 0.0354. The number of piperidine rings is 1. The lowest BCUT2D eigenvalue weighted by Crippen LogP contribution is -2.45. The molecule has 2 aliphatic rings. The molecule has 1 amide bonds. The Bertz CT molecular complexity index is 714. The molecule has 3 rings (SSSR count). The van der Waals surface area contributed by atoms with Gasteiger partial charge in [0.2, 0.25) is 17.7 Å². The number of carbonyl (C=O) groups is 2. The number of likely N-dealkylation sites (tertiary alicyclic amines) is 1. The third kappa shape index (κ3) is 5.19. The number of ether oxygens (including phenoxy) is 1. The number of halogens is 3. The Hall–Kier alpha value is -1.76. The molecular weight excluding hydrogens is 390 g/mol. The van der Waals surface area contributed by atoms with Gasteiger partial charge in [0, 0.05) is 44.1 Å². The molecule has 0 spiro atoms. The summed E-state index contributed by atoms with van der Waals surface area (Å²) in [6, 6.07) is 2.54. The summed E-state index contributed by atoms with van der Waals surface area (Å²) in [7, 11) is 0. The van der Waals surface area contributed by atoms with E-state index in [0.29, 0.717) is 30.8 Å². The van der Waals surface area contributed by atoms with E-state index in [1.807, 2.05) is 0 Å². The van der Waals surface area contributed by atoms with Gasteiger partial charge in [0.15, 0.2) is 0 Å². The molecule has 0 bridgehead atoms. The molecule has 5 nitrogen and oxygen atoms in total. The summed E-state index contributed by atoms with van der Waals surface area (Å²) in [5.74, 6) is -4.65. The normalized spacial score (nSPS) is 26.4. The molecule has 1 aromatic rings. The van der Waals surface area contributed by atoms with Crippen LogP contribution in [0.4, 0.5) is 8.78 Å². The number of esters is 1. The first-order valence-corrected chi connectivity index (χ1v) is 10.1. The number of rotatable bonds is 4. The molecule has 1 aliphatic carbocycles. The minimum Gasteiger partial charge on any atom is -0.407 e. The van der Waals surface area contributed by atoms with Gasteiger partial charge in [0.05, 0.1) is 10.9 Å². The second-order valence-electron chi connectivity index (χ2n) is 7.82. The van der Waals surface area contributed by atoms with Crippen LogP contribution in [0.25, 0.3) is 0 Å². The van der Waals surface area contributed by atoms with Gasteiger partial charge >= 0.3 is 5.97 Å². The summed E-state index contributed by atoms with van der Waals surface area (Å²) in [6.07, 6.45) is 3.68. The number of pyridine rings is 1. The van der Waals surface area contributed by atoms with Crippen molar-refractivity contribution in [3.8, 4) is 5.88 Å². The number of aromatic nitrogens is 1. The number of hydrogen-bond acceptors (Lipinski definition) is 4. The number of alkyl halides is 2. The van der Waals surface area contributed by atoms with Crippen molar-refractivity contribution in [3.05, 3.63) is 23.4 Å². The quantitative estimate of drug-likeness (QED) is 0.538. The second kappa shape index (κ2) is 8.72. The maximum Gasteiger partial charge on any atom is 0.315 e. The van der Waals surface area contributed by atoms with Gasteiger partial charge in [-0.25, -0.2) is 13.8 Å². The number of hydrogen-bond donors (Lipinski definition) is 0. The number of carbonyl (C=O) groups excluding carboxylic acids is 2. The van der Waals surface area contributed by atoms with Crippen molar-refractivity contribution in [2.45, 2.75) is 63.8 Å². The highest BCUT2D eigenvalue weighted by Gasteiger charge is 2.44. The van der Waals surface area contributed by atoms with Gasteiger partial charge in [-0.15, -0.1) is 0 Å². The van der Waals surface area contributed by atoms with Gasteiger partial charge < -0.3 is 9.64 Å². The molecule has 0 N–H and O–H groups in total. The Balaban J connectivity index is 1.65. The highest BCUT2D eigenvalue weighted by Crippen LogP contribution is 2.41. The van der Waals surface area contributed by atoms with Crippen molar-refractivity contribution in [3.63, 3.8) is 0 Å². The Morgan fingerprint density at radius 2 is 2.11 bits per heavy atom. The van der Waals surface area contributed by atoms with Crippen molar-refractivity contribution < 1.29 is 23.1 Å². The van der Waals surface area contributed by atoms with Gasteiger partial charge in [-0.2, -0.15) is 0 Å². The molecule has 3 atom stereocenters. The topological polar surface area (TPSA) is 59.5 Å². The number of amides is 1. The molecule has 2 heterocycles. The molecule has 1 saturated heterocycles. The van der Waals surface area contributed by atoms with Crippen LogP contribution in [0.2, 0.25) is 5.02 Å². The molecular formula is C20H25ClF2N2O3. The minimum atomic E-state index is -2.92. The van der Waals surface area contributed by atoms with E-state index in [4.69, 9.17) is 16.3 Å². The van der Waals surface area contributed by atoms with Gasteiger partial charge in [-0.1, -0.05) is 18.5 Å². The van der Waals surface area contributed by atoms with E-state index in [2.05, 4.69) is 4.98 Å². The summed E-state index contributed by atoms with van der Waals surface area (Å²) in [5, 5.41) is 0.412. The van der Waals surface area contributed by atoms with Crippen LogP contribution in [-0.4, -0.2) is 40.3 Å². The molecule has 0 radical (unpaired) electrons. The third-order valence-corrected chi connectivity index (χ3v) is 5.97. The van der Waals surface area contributed by atoms with Crippen LogP contribution in [0, 0.1) is 11.8 Å². The summed E-state index contributed by atoms with van der Waals surface area (Å²) in [5.41, 5.74) is 0. The Kier molecular flexibility index (Phi) is 6.53. The fourth-order valence-corrected chi connectivity index (χ4v) is 4.25. The zero-order chi connectivity index (χ0) is 20.3. The monoisotopic (exact) mass is 414 g/mol. The molecule has 8 heteroatoms. The van der Waals surface area contributed by atoms with E-state index in [9.17, 15) is 18.4 Å². The molecule has 1 saturated carbocycles. The number of nitrogens with zero attached hydrogens (tertiary/aromatic N) is 2. The summed E-state index contributed by atoms with van der Waals surface area (Å²) >= 11 is 5.76. The predicted molar refractivity (Wildman–Crippen MR) is 100 cm³/mol. The van der Waals surface area contributed by atoms with E-state index in [-0.39, 0.29) is 24.6 Å². The first-order chi connectivity index (χ1) is 13.2. The molecule has 1 aliphatic heterocycles. The predicted octanol–water partition coefficient (Wildman–Crippen LogP) is 4.48. The highest BCUT2D eigenvalue weighted by atomic mass is 35.5. The van der Waals surface area contributed by atoms with Crippen molar-refractivity contribution in [2.24, 2.45) is 11.8 Å². The van der Waals surface area contributed by atoms with Gasteiger partial charge in [-0.05, 0) is 37.7 Å². The Labute approximate surface area is 168 Å². The first kappa shape index (κ1) is 21.0.